The van der Waals surface area contributed by atoms with Crippen LogP contribution in [0.1, 0.15) is 12.8 Å². The largest absolute Gasteiger partial charge is 0.512 e. The third kappa shape index (κ3) is 1.57. The number of rotatable bonds is 0. The van der Waals surface area contributed by atoms with Gasteiger partial charge in [0.25, 0.3) is 0 Å². The number of ketones is 2. The van der Waals surface area contributed by atoms with E-state index in [9.17, 15) is 30.0 Å². The number of hydrogen-bond acceptors (Lipinski definition) is 6. The van der Waals surface area contributed by atoms with Crippen molar-refractivity contribution < 1.29 is 30.0 Å². The van der Waals surface area contributed by atoms with E-state index in [1.807, 2.05) is 0 Å². The monoisotopic (exact) mass is 350 g/mol. The van der Waals surface area contributed by atoms with Crippen molar-refractivity contribution in [2.75, 3.05) is 0 Å². The lowest BCUT2D eigenvalue weighted by Gasteiger charge is -2.32. The van der Waals surface area contributed by atoms with E-state index in [1.54, 1.807) is 12.2 Å². The summed E-state index contributed by atoms with van der Waals surface area (Å²) in [6, 6.07) is 0. The number of aliphatic hydroxyl groups excluding tert-OH is 4. The molecule has 5 aliphatic rings. The van der Waals surface area contributed by atoms with Gasteiger partial charge in [-0.1, -0.05) is 12.2 Å². The molecule has 0 aliphatic heterocycles. The predicted octanol–water partition coefficient (Wildman–Crippen LogP) is 2.86. The summed E-state index contributed by atoms with van der Waals surface area (Å²) in [6.45, 7) is 0. The van der Waals surface area contributed by atoms with Crippen LogP contribution in [0.4, 0.5) is 0 Å². The molecule has 0 aromatic rings. The Morgan fingerprint density at radius 1 is 0.846 bits per heavy atom. The van der Waals surface area contributed by atoms with E-state index in [1.165, 1.54) is 12.2 Å². The van der Waals surface area contributed by atoms with Crippen molar-refractivity contribution in [3.63, 3.8) is 0 Å². The van der Waals surface area contributed by atoms with Gasteiger partial charge < -0.3 is 20.4 Å². The number of Topliss-reactive ketones (excluding diaryl/α,β-unsaturated/α-hetero) is 2. The average Bonchev–Trinajstić information content (AvgIpc) is 2.94. The number of carbonyl (C=O) groups is 2. The smallest absolute Gasteiger partial charge is 0.225 e. The van der Waals surface area contributed by atoms with Gasteiger partial charge in [-0.2, -0.15) is 0 Å². The first-order chi connectivity index (χ1) is 12.4. The highest BCUT2D eigenvalue weighted by molar-refractivity contribution is 6.19. The summed E-state index contributed by atoms with van der Waals surface area (Å²) in [5.41, 5.74) is 1.98. The molecule has 0 aromatic heterocycles. The molecule has 130 valence electrons. The molecule has 2 unspecified atom stereocenters. The molecular formula is C20H14O6. The van der Waals surface area contributed by atoms with Crippen LogP contribution in [-0.4, -0.2) is 32.0 Å². The third-order valence-corrected chi connectivity index (χ3v) is 5.71. The SMILES string of the molecule is O=C1CCC(O)=C2C1=C(O)C(=O)C1=C3C=CC(O)=C4C(O)=CC=C(C34)C21. The maximum Gasteiger partial charge on any atom is 0.225 e. The van der Waals surface area contributed by atoms with Gasteiger partial charge in [0.1, 0.15) is 11.5 Å². The van der Waals surface area contributed by atoms with Gasteiger partial charge in [0, 0.05) is 41.4 Å². The molecule has 5 rings (SSSR count). The molecule has 0 fully saturated rings. The zero-order valence-electron chi connectivity index (χ0n) is 13.5. The van der Waals surface area contributed by atoms with Crippen LogP contribution in [0.15, 0.2) is 80.8 Å². The van der Waals surface area contributed by atoms with Gasteiger partial charge in [0.15, 0.2) is 11.5 Å². The normalized spacial score (nSPS) is 29.7. The van der Waals surface area contributed by atoms with Crippen molar-refractivity contribution in [1.82, 2.24) is 0 Å². The highest BCUT2D eigenvalue weighted by atomic mass is 16.3. The topological polar surface area (TPSA) is 115 Å². The van der Waals surface area contributed by atoms with Crippen molar-refractivity contribution in [3.05, 3.63) is 80.8 Å². The average molecular weight is 350 g/mol. The third-order valence-electron chi connectivity index (χ3n) is 5.71. The lowest BCUT2D eigenvalue weighted by molar-refractivity contribution is -0.119. The van der Waals surface area contributed by atoms with E-state index in [0.29, 0.717) is 11.1 Å². The summed E-state index contributed by atoms with van der Waals surface area (Å²) in [7, 11) is 0. The second kappa shape index (κ2) is 4.66. The highest BCUT2D eigenvalue weighted by Crippen LogP contribution is 2.58. The van der Waals surface area contributed by atoms with Crippen LogP contribution in [-0.2, 0) is 9.59 Å². The fourth-order valence-electron chi connectivity index (χ4n) is 4.66. The minimum atomic E-state index is -0.674. The van der Waals surface area contributed by atoms with E-state index in [2.05, 4.69) is 0 Å². The number of aliphatic hydroxyl groups is 4. The molecule has 0 amide bonds. The molecule has 0 spiro atoms. The van der Waals surface area contributed by atoms with Crippen molar-refractivity contribution in [3.8, 4) is 0 Å². The van der Waals surface area contributed by atoms with E-state index in [0.717, 1.165) is 0 Å². The first-order valence-electron chi connectivity index (χ1n) is 8.31. The lowest BCUT2D eigenvalue weighted by atomic mass is 9.71. The molecule has 26 heavy (non-hydrogen) atoms. The molecule has 5 aliphatic carbocycles. The Balaban J connectivity index is 1.87. The first-order valence-corrected chi connectivity index (χ1v) is 8.31. The summed E-state index contributed by atoms with van der Waals surface area (Å²) in [6.07, 6.45) is 6.26. The van der Waals surface area contributed by atoms with Crippen LogP contribution in [0.2, 0.25) is 0 Å². The quantitative estimate of drug-likeness (QED) is 0.534. The summed E-state index contributed by atoms with van der Waals surface area (Å²) >= 11 is 0. The van der Waals surface area contributed by atoms with Gasteiger partial charge in [0.2, 0.25) is 5.78 Å². The summed E-state index contributed by atoms with van der Waals surface area (Å²) in [5.74, 6) is -3.08. The minimum absolute atomic E-state index is 0.0150. The second-order valence-electron chi connectivity index (χ2n) is 6.92. The van der Waals surface area contributed by atoms with E-state index in [4.69, 9.17) is 0 Å². The molecule has 0 radical (unpaired) electrons. The van der Waals surface area contributed by atoms with Crippen LogP contribution in [0, 0.1) is 11.8 Å². The molecule has 0 heterocycles. The van der Waals surface area contributed by atoms with Gasteiger partial charge >= 0.3 is 0 Å². The van der Waals surface area contributed by atoms with Gasteiger partial charge in [-0.3, -0.25) is 9.59 Å². The summed E-state index contributed by atoms with van der Waals surface area (Å²) in [4.78, 5) is 25.2. The standard InChI is InChI=1S/C20H14O6/c21-9-3-1-7-13-8(2-4-10(22)16(9)13)15-14(7)17-11(23)5-6-12(24)18(17)20(26)19(15)25/h1-4,13-14,21-23,26H,5-6H2. The van der Waals surface area contributed by atoms with Crippen molar-refractivity contribution in [2.45, 2.75) is 12.8 Å². The fourth-order valence-corrected chi connectivity index (χ4v) is 4.66. The van der Waals surface area contributed by atoms with Crippen LogP contribution >= 0.6 is 0 Å². The van der Waals surface area contributed by atoms with E-state index < -0.39 is 23.4 Å². The van der Waals surface area contributed by atoms with E-state index in [-0.39, 0.29) is 58.2 Å². The Kier molecular flexibility index (Phi) is 2.69. The molecule has 0 bridgehead atoms. The molecule has 0 saturated carbocycles. The Hall–Kier alpha value is -3.28. The lowest BCUT2D eigenvalue weighted by Crippen LogP contribution is -2.31. The van der Waals surface area contributed by atoms with Gasteiger partial charge in [0.05, 0.1) is 11.3 Å². The summed E-state index contributed by atoms with van der Waals surface area (Å²) < 4.78 is 0. The van der Waals surface area contributed by atoms with Gasteiger partial charge in [-0.15, -0.1) is 0 Å². The van der Waals surface area contributed by atoms with Gasteiger partial charge in [-0.25, -0.2) is 0 Å². The molecule has 6 nitrogen and oxygen atoms in total. The molecule has 0 saturated heterocycles. The minimum Gasteiger partial charge on any atom is -0.512 e. The number of hydrogen-bond donors (Lipinski definition) is 4. The van der Waals surface area contributed by atoms with Crippen LogP contribution < -0.4 is 0 Å². The molecular weight excluding hydrogens is 336 g/mol. The molecule has 4 N–H and O–H groups in total. The first kappa shape index (κ1) is 15.0. The molecule has 2 atom stereocenters. The van der Waals surface area contributed by atoms with Crippen molar-refractivity contribution in [2.24, 2.45) is 11.8 Å². The number of allylic oxidation sites excluding steroid dienone is 11. The van der Waals surface area contributed by atoms with E-state index >= 15 is 0 Å². The molecule has 6 heteroatoms. The maximum atomic E-state index is 12.9. The Morgan fingerprint density at radius 2 is 1.62 bits per heavy atom. The summed E-state index contributed by atoms with van der Waals surface area (Å²) in [5, 5.41) is 41.3. The Labute approximate surface area is 147 Å². The van der Waals surface area contributed by atoms with Gasteiger partial charge in [-0.05, 0) is 23.3 Å². The predicted molar refractivity (Wildman–Crippen MR) is 90.2 cm³/mol. The Bertz CT molecular complexity index is 1050. The van der Waals surface area contributed by atoms with Crippen LogP contribution in [0.25, 0.3) is 0 Å². The van der Waals surface area contributed by atoms with Crippen LogP contribution in [0.5, 0.6) is 0 Å². The van der Waals surface area contributed by atoms with Crippen molar-refractivity contribution >= 4 is 11.6 Å². The molecule has 0 aromatic carbocycles. The zero-order chi connectivity index (χ0) is 18.3. The Morgan fingerprint density at radius 3 is 2.38 bits per heavy atom. The number of carbonyl (C=O) groups excluding carboxylic acids is 2. The number of fused-ring (bicyclic) bond motifs is 4. The zero-order valence-corrected chi connectivity index (χ0v) is 13.5. The van der Waals surface area contributed by atoms with Crippen molar-refractivity contribution in [1.29, 1.82) is 0 Å². The highest BCUT2D eigenvalue weighted by Gasteiger charge is 2.53. The maximum absolute atomic E-state index is 12.9. The fraction of sp³-hybridized carbons (Fsp3) is 0.200. The van der Waals surface area contributed by atoms with Crippen LogP contribution in [0.3, 0.4) is 0 Å². The second-order valence-corrected chi connectivity index (χ2v) is 6.92.